The van der Waals surface area contributed by atoms with Crippen LogP contribution < -0.4 is 5.73 Å². The first-order valence-corrected chi connectivity index (χ1v) is 3.07. The van der Waals surface area contributed by atoms with Crippen LogP contribution in [0.3, 0.4) is 0 Å². The maximum absolute atomic E-state index is 12.7. The fourth-order valence-corrected chi connectivity index (χ4v) is 0.938. The van der Waals surface area contributed by atoms with Gasteiger partial charge in [0.05, 0.1) is 17.3 Å². The second-order valence-electron chi connectivity index (χ2n) is 2.20. The predicted octanol–water partition coefficient (Wildman–Crippen LogP) is 1.55. The standard InChI is InChI=1S/C7H5FN2O/c8-5-1-2-6-4(7(5)9)3-10-11-6/h1-3H,9H2. The van der Waals surface area contributed by atoms with E-state index in [-0.39, 0.29) is 5.69 Å². The van der Waals surface area contributed by atoms with Crippen molar-refractivity contribution < 1.29 is 8.91 Å². The van der Waals surface area contributed by atoms with E-state index in [9.17, 15) is 4.39 Å². The van der Waals surface area contributed by atoms with Gasteiger partial charge in [-0.05, 0) is 12.1 Å². The van der Waals surface area contributed by atoms with Gasteiger partial charge < -0.3 is 10.3 Å². The largest absolute Gasteiger partial charge is 0.396 e. The van der Waals surface area contributed by atoms with E-state index in [1.807, 2.05) is 0 Å². The summed E-state index contributed by atoms with van der Waals surface area (Å²) < 4.78 is 17.5. The molecule has 0 atom stereocenters. The number of benzene rings is 1. The molecule has 1 aromatic heterocycles. The first kappa shape index (κ1) is 6.15. The Morgan fingerprint density at radius 2 is 2.27 bits per heavy atom. The Bertz CT molecular complexity index is 396. The molecule has 1 heterocycles. The lowest BCUT2D eigenvalue weighted by molar-refractivity contribution is 0.456. The molecule has 0 aliphatic rings. The summed E-state index contributed by atoms with van der Waals surface area (Å²) in [5, 5.41) is 4.00. The molecule has 0 bridgehead atoms. The van der Waals surface area contributed by atoms with Crippen LogP contribution in [0.25, 0.3) is 11.0 Å². The number of nitrogens with zero attached hydrogens (tertiary/aromatic N) is 1. The molecule has 1 aromatic carbocycles. The quantitative estimate of drug-likeness (QED) is 0.582. The molecule has 2 N–H and O–H groups in total. The molecule has 0 unspecified atom stereocenters. The van der Waals surface area contributed by atoms with Gasteiger partial charge in [0.25, 0.3) is 0 Å². The molecule has 0 aliphatic heterocycles. The summed E-state index contributed by atoms with van der Waals surface area (Å²) in [4.78, 5) is 0. The van der Waals surface area contributed by atoms with Crippen LogP contribution in [0.5, 0.6) is 0 Å². The Kier molecular flexibility index (Phi) is 1.09. The molecule has 0 amide bonds. The van der Waals surface area contributed by atoms with Gasteiger partial charge in [0.15, 0.2) is 5.58 Å². The Morgan fingerprint density at radius 1 is 1.45 bits per heavy atom. The number of nitrogens with two attached hydrogens (primary N) is 1. The molecular formula is C7H5FN2O. The zero-order chi connectivity index (χ0) is 7.84. The van der Waals surface area contributed by atoms with Crippen LogP contribution >= 0.6 is 0 Å². The zero-order valence-electron chi connectivity index (χ0n) is 5.54. The number of nitrogen functional groups attached to an aromatic ring is 1. The summed E-state index contributed by atoms with van der Waals surface area (Å²) in [6, 6.07) is 2.75. The average Bonchev–Trinajstić information content (AvgIpc) is 2.45. The maximum atomic E-state index is 12.7. The topological polar surface area (TPSA) is 52.0 Å². The Balaban J connectivity index is 2.93. The Morgan fingerprint density at radius 3 is 3.09 bits per heavy atom. The van der Waals surface area contributed by atoms with E-state index in [0.29, 0.717) is 11.0 Å². The zero-order valence-corrected chi connectivity index (χ0v) is 5.54. The lowest BCUT2D eigenvalue weighted by Gasteiger charge is -1.93. The van der Waals surface area contributed by atoms with Gasteiger partial charge in [-0.1, -0.05) is 5.16 Å². The minimum Gasteiger partial charge on any atom is -0.396 e. The predicted molar refractivity (Wildman–Crippen MR) is 38.4 cm³/mol. The monoisotopic (exact) mass is 152 g/mol. The highest BCUT2D eigenvalue weighted by Crippen LogP contribution is 2.22. The van der Waals surface area contributed by atoms with E-state index in [4.69, 9.17) is 10.3 Å². The van der Waals surface area contributed by atoms with E-state index in [1.54, 1.807) is 0 Å². The van der Waals surface area contributed by atoms with Crippen LogP contribution in [-0.2, 0) is 0 Å². The number of hydrogen-bond acceptors (Lipinski definition) is 3. The first-order valence-electron chi connectivity index (χ1n) is 3.07. The minimum absolute atomic E-state index is 0.0868. The van der Waals surface area contributed by atoms with Crippen molar-refractivity contribution in [2.45, 2.75) is 0 Å². The number of halogens is 1. The second-order valence-corrected chi connectivity index (χ2v) is 2.20. The molecule has 0 fully saturated rings. The van der Waals surface area contributed by atoms with Gasteiger partial charge in [0, 0.05) is 0 Å². The molecule has 11 heavy (non-hydrogen) atoms. The normalized spacial score (nSPS) is 10.6. The SMILES string of the molecule is Nc1c(F)ccc2oncc12. The van der Waals surface area contributed by atoms with Crippen LogP contribution in [0.4, 0.5) is 10.1 Å². The second kappa shape index (κ2) is 1.95. The summed E-state index contributed by atoms with van der Waals surface area (Å²) >= 11 is 0. The molecular weight excluding hydrogens is 147 g/mol. The molecule has 3 nitrogen and oxygen atoms in total. The number of rotatable bonds is 0. The van der Waals surface area contributed by atoms with Crippen molar-refractivity contribution in [3.8, 4) is 0 Å². The summed E-state index contributed by atoms with van der Waals surface area (Å²) in [6.07, 6.45) is 1.40. The van der Waals surface area contributed by atoms with Crippen molar-refractivity contribution in [3.05, 3.63) is 24.1 Å². The van der Waals surface area contributed by atoms with Crippen LogP contribution in [0.2, 0.25) is 0 Å². The molecule has 56 valence electrons. The molecule has 0 saturated carbocycles. The van der Waals surface area contributed by atoms with Crippen LogP contribution in [-0.4, -0.2) is 5.16 Å². The van der Waals surface area contributed by atoms with Crippen molar-refractivity contribution in [2.75, 3.05) is 5.73 Å². The average molecular weight is 152 g/mol. The van der Waals surface area contributed by atoms with Gasteiger partial charge in [-0.15, -0.1) is 0 Å². The number of anilines is 1. The molecule has 2 aromatic rings. The van der Waals surface area contributed by atoms with Crippen LogP contribution in [0.1, 0.15) is 0 Å². The fraction of sp³-hybridized carbons (Fsp3) is 0. The van der Waals surface area contributed by atoms with E-state index in [0.717, 1.165) is 0 Å². The van der Waals surface area contributed by atoms with Crippen molar-refractivity contribution >= 4 is 16.7 Å². The number of aromatic nitrogens is 1. The smallest absolute Gasteiger partial charge is 0.169 e. The third-order valence-electron chi connectivity index (χ3n) is 1.53. The van der Waals surface area contributed by atoms with Crippen LogP contribution in [0.15, 0.2) is 22.9 Å². The lowest BCUT2D eigenvalue weighted by Crippen LogP contribution is -1.89. The summed E-state index contributed by atoms with van der Waals surface area (Å²) in [5.41, 5.74) is 5.98. The van der Waals surface area contributed by atoms with Gasteiger partial charge in [0.2, 0.25) is 0 Å². The summed E-state index contributed by atoms with van der Waals surface area (Å²) in [5.74, 6) is -0.444. The summed E-state index contributed by atoms with van der Waals surface area (Å²) in [6.45, 7) is 0. The number of hydrogen-bond donors (Lipinski definition) is 1. The Hall–Kier alpha value is -1.58. The van der Waals surface area contributed by atoms with Crippen LogP contribution in [0, 0.1) is 5.82 Å². The summed E-state index contributed by atoms with van der Waals surface area (Å²) in [7, 11) is 0. The molecule has 2 rings (SSSR count). The van der Waals surface area contributed by atoms with Gasteiger partial charge in [-0.25, -0.2) is 4.39 Å². The Labute approximate surface area is 61.6 Å². The minimum atomic E-state index is -0.444. The van der Waals surface area contributed by atoms with E-state index in [2.05, 4.69) is 5.16 Å². The van der Waals surface area contributed by atoms with Gasteiger partial charge in [-0.3, -0.25) is 0 Å². The fourth-order valence-electron chi connectivity index (χ4n) is 0.938. The maximum Gasteiger partial charge on any atom is 0.169 e. The molecule has 0 radical (unpaired) electrons. The van der Waals surface area contributed by atoms with E-state index >= 15 is 0 Å². The molecule has 0 saturated heterocycles. The highest BCUT2D eigenvalue weighted by Gasteiger charge is 2.05. The van der Waals surface area contributed by atoms with Gasteiger partial charge in [0.1, 0.15) is 5.82 Å². The van der Waals surface area contributed by atoms with Gasteiger partial charge in [-0.2, -0.15) is 0 Å². The highest BCUT2D eigenvalue weighted by atomic mass is 19.1. The third kappa shape index (κ3) is 0.756. The first-order chi connectivity index (χ1) is 5.29. The molecule has 4 heteroatoms. The third-order valence-corrected chi connectivity index (χ3v) is 1.53. The highest BCUT2D eigenvalue weighted by molar-refractivity contribution is 5.88. The van der Waals surface area contributed by atoms with E-state index in [1.165, 1.54) is 18.3 Å². The van der Waals surface area contributed by atoms with Crippen molar-refractivity contribution in [3.63, 3.8) is 0 Å². The van der Waals surface area contributed by atoms with E-state index < -0.39 is 5.82 Å². The molecule has 0 aliphatic carbocycles. The van der Waals surface area contributed by atoms with Crippen molar-refractivity contribution in [1.29, 1.82) is 0 Å². The number of fused-ring (bicyclic) bond motifs is 1. The van der Waals surface area contributed by atoms with Gasteiger partial charge >= 0.3 is 0 Å². The van der Waals surface area contributed by atoms with Crippen molar-refractivity contribution in [2.24, 2.45) is 0 Å². The lowest BCUT2D eigenvalue weighted by atomic mass is 10.2. The molecule has 0 spiro atoms. The van der Waals surface area contributed by atoms with Crippen molar-refractivity contribution in [1.82, 2.24) is 5.16 Å².